The second kappa shape index (κ2) is 7.01. The summed E-state index contributed by atoms with van der Waals surface area (Å²) in [5.41, 5.74) is 1.42. The fraction of sp³-hybridized carbons (Fsp3) is 0.571. The van der Waals surface area contributed by atoms with Crippen LogP contribution in [0, 0.1) is 6.92 Å². The van der Waals surface area contributed by atoms with Gasteiger partial charge in [0.15, 0.2) is 0 Å². The fourth-order valence-electron chi connectivity index (χ4n) is 2.26. The van der Waals surface area contributed by atoms with Gasteiger partial charge < -0.3 is 9.64 Å². The molecule has 0 saturated carbocycles. The van der Waals surface area contributed by atoms with Gasteiger partial charge in [-0.25, -0.2) is 4.98 Å². The molecule has 0 aromatic carbocycles. The van der Waals surface area contributed by atoms with Crippen molar-refractivity contribution in [3.8, 4) is 0 Å². The van der Waals surface area contributed by atoms with Gasteiger partial charge in [-0.15, -0.1) is 0 Å². The van der Waals surface area contributed by atoms with Crippen LogP contribution >= 0.6 is 15.9 Å². The summed E-state index contributed by atoms with van der Waals surface area (Å²) < 4.78 is 5.68. The number of aromatic nitrogens is 1. The maximum absolute atomic E-state index is 12.3. The minimum Gasteiger partial charge on any atom is -0.377 e. The molecule has 5 heteroatoms. The van der Waals surface area contributed by atoms with Gasteiger partial charge in [-0.1, -0.05) is 22.0 Å². The molecule has 0 bridgehead atoms. The van der Waals surface area contributed by atoms with E-state index in [0.29, 0.717) is 5.69 Å². The van der Waals surface area contributed by atoms with E-state index in [4.69, 9.17) is 4.74 Å². The summed E-state index contributed by atoms with van der Waals surface area (Å²) in [5, 5.41) is 0.860. The molecule has 104 valence electrons. The van der Waals surface area contributed by atoms with Gasteiger partial charge in [-0.3, -0.25) is 4.79 Å². The molecular weight excluding hydrogens is 308 g/mol. The molecule has 0 unspecified atom stereocenters. The topological polar surface area (TPSA) is 42.4 Å². The molecule has 4 nitrogen and oxygen atoms in total. The minimum absolute atomic E-state index is 0.0302. The van der Waals surface area contributed by atoms with E-state index in [9.17, 15) is 4.79 Å². The van der Waals surface area contributed by atoms with E-state index < -0.39 is 0 Å². The number of carbonyl (C=O) groups excluding carboxylic acids is 1. The molecular formula is C14H19BrN2O2. The van der Waals surface area contributed by atoms with Gasteiger partial charge in [-0.2, -0.15) is 0 Å². The van der Waals surface area contributed by atoms with Gasteiger partial charge in [-0.05, 0) is 31.9 Å². The molecule has 0 aliphatic carbocycles. The molecule has 1 aliphatic rings. The van der Waals surface area contributed by atoms with Crippen LogP contribution in [0.1, 0.15) is 29.0 Å². The van der Waals surface area contributed by atoms with E-state index in [1.807, 2.05) is 24.0 Å². The predicted molar refractivity (Wildman–Crippen MR) is 77.6 cm³/mol. The van der Waals surface area contributed by atoms with E-state index in [2.05, 4.69) is 20.9 Å². The Morgan fingerprint density at radius 1 is 1.47 bits per heavy atom. The summed E-state index contributed by atoms with van der Waals surface area (Å²) >= 11 is 3.35. The lowest BCUT2D eigenvalue weighted by Gasteiger charge is -2.31. The Bertz CT molecular complexity index is 431. The van der Waals surface area contributed by atoms with Crippen LogP contribution in [0.3, 0.4) is 0 Å². The van der Waals surface area contributed by atoms with Crippen LogP contribution in [0.5, 0.6) is 0 Å². The molecule has 1 aliphatic heterocycles. The zero-order valence-corrected chi connectivity index (χ0v) is 12.7. The Morgan fingerprint density at radius 2 is 2.21 bits per heavy atom. The molecule has 1 aromatic heterocycles. The summed E-state index contributed by atoms with van der Waals surface area (Å²) in [7, 11) is 0. The van der Waals surface area contributed by atoms with E-state index in [1.165, 1.54) is 0 Å². The number of pyridine rings is 1. The standard InChI is InChI=1S/C14H19BrN2O2/c1-11-3-2-4-13(16-11)14(18)17-8-5-12(6-9-17)19-10-7-15/h2-4,12H,5-10H2,1H3. The Balaban J connectivity index is 1.89. The van der Waals surface area contributed by atoms with Gasteiger partial charge in [0.1, 0.15) is 5.69 Å². The zero-order valence-electron chi connectivity index (χ0n) is 11.1. The van der Waals surface area contributed by atoms with Crippen LogP contribution in [0.15, 0.2) is 18.2 Å². The monoisotopic (exact) mass is 326 g/mol. The number of amides is 1. The molecule has 0 atom stereocenters. The highest BCUT2D eigenvalue weighted by Crippen LogP contribution is 2.16. The molecule has 2 heterocycles. The van der Waals surface area contributed by atoms with Crippen molar-refractivity contribution in [2.24, 2.45) is 0 Å². The van der Waals surface area contributed by atoms with Gasteiger partial charge >= 0.3 is 0 Å². The zero-order chi connectivity index (χ0) is 13.7. The van der Waals surface area contributed by atoms with Gasteiger partial charge in [0.25, 0.3) is 5.91 Å². The quantitative estimate of drug-likeness (QED) is 0.798. The Hall–Kier alpha value is -0.940. The van der Waals surface area contributed by atoms with Gasteiger partial charge in [0.2, 0.25) is 0 Å². The Kier molecular flexibility index (Phi) is 5.34. The number of carbonyl (C=O) groups is 1. The third-order valence-electron chi connectivity index (χ3n) is 3.27. The highest BCUT2D eigenvalue weighted by atomic mass is 79.9. The van der Waals surface area contributed by atoms with Gasteiger partial charge in [0, 0.05) is 24.1 Å². The Morgan fingerprint density at radius 3 is 2.84 bits per heavy atom. The number of nitrogens with zero attached hydrogens (tertiary/aromatic N) is 2. The van der Waals surface area contributed by atoms with Crippen LogP contribution in [-0.4, -0.2) is 46.9 Å². The minimum atomic E-state index is 0.0302. The Labute approximate surface area is 122 Å². The fourth-order valence-corrected chi connectivity index (χ4v) is 2.45. The summed E-state index contributed by atoms with van der Waals surface area (Å²) in [6, 6.07) is 5.56. The SMILES string of the molecule is Cc1cccc(C(=O)N2CCC(OCCBr)CC2)n1. The van der Waals surface area contributed by atoms with Crippen molar-refractivity contribution in [3.63, 3.8) is 0 Å². The summed E-state index contributed by atoms with van der Waals surface area (Å²) in [6.07, 6.45) is 2.10. The first kappa shape index (κ1) is 14.5. The van der Waals surface area contributed by atoms with Crippen LogP contribution in [0.2, 0.25) is 0 Å². The van der Waals surface area contributed by atoms with Crippen LogP contribution in [0.4, 0.5) is 0 Å². The van der Waals surface area contributed by atoms with Crippen LogP contribution in [-0.2, 0) is 4.74 Å². The number of halogens is 1. The number of piperidine rings is 1. The first-order valence-corrected chi connectivity index (χ1v) is 7.73. The molecule has 2 rings (SSSR count). The average molecular weight is 327 g/mol. The summed E-state index contributed by atoms with van der Waals surface area (Å²) in [4.78, 5) is 18.4. The highest BCUT2D eigenvalue weighted by Gasteiger charge is 2.24. The first-order chi connectivity index (χ1) is 9.20. The van der Waals surface area contributed by atoms with E-state index >= 15 is 0 Å². The smallest absolute Gasteiger partial charge is 0.272 e. The number of hydrogen-bond acceptors (Lipinski definition) is 3. The summed E-state index contributed by atoms with van der Waals surface area (Å²) in [5.74, 6) is 0.0302. The van der Waals surface area contributed by atoms with E-state index in [1.54, 1.807) is 6.07 Å². The molecule has 1 fully saturated rings. The molecule has 1 amide bonds. The number of likely N-dealkylation sites (tertiary alicyclic amines) is 1. The molecule has 0 spiro atoms. The lowest BCUT2D eigenvalue weighted by molar-refractivity contribution is 0.0158. The second-order valence-corrected chi connectivity index (χ2v) is 5.51. The van der Waals surface area contributed by atoms with E-state index in [0.717, 1.165) is 43.6 Å². The molecule has 1 saturated heterocycles. The van der Waals surface area contributed by atoms with Crippen molar-refractivity contribution in [3.05, 3.63) is 29.6 Å². The van der Waals surface area contributed by atoms with Crippen molar-refractivity contribution in [2.45, 2.75) is 25.9 Å². The normalized spacial score (nSPS) is 16.6. The number of alkyl halides is 1. The van der Waals surface area contributed by atoms with Crippen LogP contribution < -0.4 is 0 Å². The maximum atomic E-state index is 12.3. The average Bonchev–Trinajstić information content (AvgIpc) is 2.45. The summed E-state index contributed by atoms with van der Waals surface area (Å²) in [6.45, 7) is 4.14. The van der Waals surface area contributed by atoms with Crippen molar-refractivity contribution >= 4 is 21.8 Å². The number of aryl methyl sites for hydroxylation is 1. The van der Waals surface area contributed by atoms with Crippen LogP contribution in [0.25, 0.3) is 0 Å². The number of rotatable bonds is 4. The molecule has 0 N–H and O–H groups in total. The molecule has 0 radical (unpaired) electrons. The lowest BCUT2D eigenvalue weighted by atomic mass is 10.1. The van der Waals surface area contributed by atoms with Crippen molar-refractivity contribution in [2.75, 3.05) is 25.0 Å². The van der Waals surface area contributed by atoms with Gasteiger partial charge in [0.05, 0.1) is 12.7 Å². The van der Waals surface area contributed by atoms with Crippen molar-refractivity contribution in [1.82, 2.24) is 9.88 Å². The number of hydrogen-bond donors (Lipinski definition) is 0. The third-order valence-corrected chi connectivity index (χ3v) is 3.59. The largest absolute Gasteiger partial charge is 0.377 e. The molecule has 1 aromatic rings. The lowest BCUT2D eigenvalue weighted by Crippen LogP contribution is -2.41. The third kappa shape index (κ3) is 4.01. The maximum Gasteiger partial charge on any atom is 0.272 e. The number of ether oxygens (including phenoxy) is 1. The van der Waals surface area contributed by atoms with Crippen molar-refractivity contribution < 1.29 is 9.53 Å². The second-order valence-electron chi connectivity index (χ2n) is 4.72. The molecule has 19 heavy (non-hydrogen) atoms. The van der Waals surface area contributed by atoms with Crippen molar-refractivity contribution in [1.29, 1.82) is 0 Å². The highest BCUT2D eigenvalue weighted by molar-refractivity contribution is 9.09. The predicted octanol–water partition coefficient (Wildman–Crippen LogP) is 2.41. The first-order valence-electron chi connectivity index (χ1n) is 6.61. The van der Waals surface area contributed by atoms with E-state index in [-0.39, 0.29) is 12.0 Å².